The Morgan fingerprint density at radius 3 is 2.25 bits per heavy atom. The number of rotatable bonds is 6. The lowest BCUT2D eigenvalue weighted by atomic mass is 9.86. The lowest BCUT2D eigenvalue weighted by Gasteiger charge is -2.46. The van der Waals surface area contributed by atoms with E-state index in [1.54, 1.807) is 11.2 Å². The van der Waals surface area contributed by atoms with E-state index in [1.165, 1.54) is 0 Å². The van der Waals surface area contributed by atoms with Crippen molar-refractivity contribution in [2.45, 2.75) is 63.8 Å². The highest BCUT2D eigenvalue weighted by atomic mass is 32.2. The highest BCUT2D eigenvalue weighted by Crippen LogP contribution is 2.26. The van der Waals surface area contributed by atoms with Gasteiger partial charge < -0.3 is 10.2 Å². The van der Waals surface area contributed by atoms with Gasteiger partial charge >= 0.3 is 0 Å². The first-order chi connectivity index (χ1) is 9.32. The van der Waals surface area contributed by atoms with Crippen molar-refractivity contribution in [1.29, 1.82) is 0 Å². The Labute approximate surface area is 123 Å². The van der Waals surface area contributed by atoms with Gasteiger partial charge in [0.1, 0.15) is 11.6 Å². The van der Waals surface area contributed by atoms with E-state index in [9.17, 15) is 13.8 Å². The molecule has 0 aromatic rings. The van der Waals surface area contributed by atoms with Gasteiger partial charge in [0, 0.05) is 28.9 Å². The molecule has 3 atom stereocenters. The van der Waals surface area contributed by atoms with E-state index in [-0.39, 0.29) is 17.1 Å². The Hall–Kier alpha value is -0.910. The molecular weight excluding hydrogens is 276 g/mol. The first-order valence-corrected chi connectivity index (χ1v) is 8.90. The maximum absolute atomic E-state index is 12.8. The van der Waals surface area contributed by atoms with Gasteiger partial charge in [-0.25, -0.2) is 0 Å². The molecule has 1 aliphatic rings. The molecule has 0 spiro atoms. The maximum atomic E-state index is 12.8. The quantitative estimate of drug-likeness (QED) is 0.797. The molecule has 0 aromatic heterocycles. The van der Waals surface area contributed by atoms with Crippen molar-refractivity contribution < 1.29 is 13.8 Å². The largest absolute Gasteiger partial charge is 0.340 e. The molecule has 1 heterocycles. The molecule has 1 aliphatic heterocycles. The number of nitrogens with one attached hydrogen (secondary N) is 1. The Morgan fingerprint density at radius 1 is 1.30 bits per heavy atom. The Balaban J connectivity index is 3.09. The number of carbonyl (C=O) groups is 2. The van der Waals surface area contributed by atoms with Gasteiger partial charge in [0.2, 0.25) is 11.8 Å². The second-order valence-electron chi connectivity index (χ2n) is 5.47. The third-order valence-corrected chi connectivity index (χ3v) is 5.61. The second-order valence-corrected chi connectivity index (χ2v) is 7.27. The van der Waals surface area contributed by atoms with Gasteiger partial charge in [-0.1, -0.05) is 20.8 Å². The summed E-state index contributed by atoms with van der Waals surface area (Å²) in [6.07, 6.45) is 3.35. The van der Waals surface area contributed by atoms with Crippen LogP contribution in [0.3, 0.4) is 0 Å². The second kappa shape index (κ2) is 6.70. The van der Waals surface area contributed by atoms with Crippen LogP contribution in [-0.4, -0.2) is 50.6 Å². The molecular formula is C14H26N2O3S. The fourth-order valence-corrected chi connectivity index (χ4v) is 3.03. The van der Waals surface area contributed by atoms with Crippen molar-refractivity contribution in [1.82, 2.24) is 10.2 Å². The molecule has 1 rings (SSSR count). The van der Waals surface area contributed by atoms with Gasteiger partial charge in [0.05, 0.1) is 0 Å². The zero-order valence-corrected chi connectivity index (χ0v) is 13.9. The SMILES string of the molecule is CCC1C(=O)NC(CC)(CC)C(=O)N1CC(C)S(C)=O. The van der Waals surface area contributed by atoms with Gasteiger partial charge in [-0.3, -0.25) is 13.8 Å². The summed E-state index contributed by atoms with van der Waals surface area (Å²) in [6.45, 7) is 7.93. The van der Waals surface area contributed by atoms with Crippen molar-refractivity contribution in [3.63, 3.8) is 0 Å². The molecule has 5 nitrogen and oxygen atoms in total. The fourth-order valence-electron chi connectivity index (χ4n) is 2.66. The van der Waals surface area contributed by atoms with Crippen molar-refractivity contribution in [3.8, 4) is 0 Å². The first kappa shape index (κ1) is 17.1. The van der Waals surface area contributed by atoms with Crippen LogP contribution in [0.2, 0.25) is 0 Å². The van der Waals surface area contributed by atoms with Gasteiger partial charge in [0.25, 0.3) is 0 Å². The summed E-state index contributed by atoms with van der Waals surface area (Å²) in [5.41, 5.74) is -0.794. The summed E-state index contributed by atoms with van der Waals surface area (Å²) in [5.74, 6) is -0.129. The molecule has 3 unspecified atom stereocenters. The van der Waals surface area contributed by atoms with Crippen molar-refractivity contribution in [2.75, 3.05) is 12.8 Å². The first-order valence-electron chi connectivity index (χ1n) is 7.28. The lowest BCUT2D eigenvalue weighted by Crippen LogP contribution is -2.70. The normalized spacial score (nSPS) is 25.2. The number of amides is 2. The van der Waals surface area contributed by atoms with Gasteiger partial charge in [0.15, 0.2) is 0 Å². The summed E-state index contributed by atoms with van der Waals surface area (Å²) >= 11 is 0. The third kappa shape index (κ3) is 3.05. The Bertz CT molecular complexity index is 407. The van der Waals surface area contributed by atoms with Crippen molar-refractivity contribution in [3.05, 3.63) is 0 Å². The average molecular weight is 302 g/mol. The molecule has 1 N–H and O–H groups in total. The lowest BCUT2D eigenvalue weighted by molar-refractivity contribution is -0.155. The summed E-state index contributed by atoms with van der Waals surface area (Å²) in [6, 6.07) is -0.445. The molecule has 20 heavy (non-hydrogen) atoms. The number of nitrogens with zero attached hydrogens (tertiary/aromatic N) is 1. The molecule has 1 fully saturated rings. The van der Waals surface area contributed by atoms with Crippen LogP contribution in [0, 0.1) is 0 Å². The smallest absolute Gasteiger partial charge is 0.249 e. The maximum Gasteiger partial charge on any atom is 0.249 e. The van der Waals surface area contributed by atoms with E-state index in [0.717, 1.165) is 0 Å². The predicted octanol–water partition coefficient (Wildman–Crippen LogP) is 1.05. The number of carbonyl (C=O) groups excluding carboxylic acids is 2. The minimum atomic E-state index is -1.01. The zero-order valence-electron chi connectivity index (χ0n) is 13.1. The van der Waals surface area contributed by atoms with Gasteiger partial charge in [-0.15, -0.1) is 0 Å². The van der Waals surface area contributed by atoms with Crippen LogP contribution in [0.25, 0.3) is 0 Å². The summed E-state index contributed by atoms with van der Waals surface area (Å²) in [5, 5.41) is 2.77. The zero-order chi connectivity index (χ0) is 15.5. The molecule has 6 heteroatoms. The number of hydrogen-bond acceptors (Lipinski definition) is 3. The van der Waals surface area contributed by atoms with Crippen molar-refractivity contribution >= 4 is 22.6 Å². The number of hydrogen-bond donors (Lipinski definition) is 1. The molecule has 116 valence electrons. The highest BCUT2D eigenvalue weighted by Gasteiger charge is 2.48. The monoisotopic (exact) mass is 302 g/mol. The molecule has 2 amide bonds. The van der Waals surface area contributed by atoms with Crippen LogP contribution in [0.5, 0.6) is 0 Å². The van der Waals surface area contributed by atoms with Crippen molar-refractivity contribution in [2.24, 2.45) is 0 Å². The standard InChI is InChI=1S/C14H26N2O3S/c1-6-11-12(17)15-14(7-2,8-3)13(18)16(11)9-10(4)20(5)19/h10-11H,6-9H2,1-5H3,(H,15,17). The minimum absolute atomic E-state index is 0.0359. The highest BCUT2D eigenvalue weighted by molar-refractivity contribution is 7.84. The Morgan fingerprint density at radius 2 is 1.85 bits per heavy atom. The van der Waals surface area contributed by atoms with E-state index >= 15 is 0 Å². The molecule has 0 radical (unpaired) electrons. The van der Waals surface area contributed by atoms with E-state index < -0.39 is 22.4 Å². The Kier molecular flexibility index (Phi) is 5.74. The fraction of sp³-hybridized carbons (Fsp3) is 0.857. The summed E-state index contributed by atoms with van der Waals surface area (Å²) in [4.78, 5) is 26.7. The molecule has 0 bridgehead atoms. The van der Waals surface area contributed by atoms with Crippen LogP contribution < -0.4 is 5.32 Å². The average Bonchev–Trinajstić information content (AvgIpc) is 2.42. The van der Waals surface area contributed by atoms with Crippen LogP contribution in [-0.2, 0) is 20.4 Å². The van der Waals surface area contributed by atoms with Crippen LogP contribution in [0.1, 0.15) is 47.0 Å². The van der Waals surface area contributed by atoms with Gasteiger partial charge in [-0.05, 0) is 26.2 Å². The van der Waals surface area contributed by atoms with Crippen LogP contribution in [0.4, 0.5) is 0 Å². The predicted molar refractivity (Wildman–Crippen MR) is 80.8 cm³/mol. The third-order valence-electron chi connectivity index (χ3n) is 4.33. The number of piperazine rings is 1. The molecule has 1 saturated heterocycles. The van der Waals surface area contributed by atoms with E-state index in [1.807, 2.05) is 27.7 Å². The van der Waals surface area contributed by atoms with E-state index in [4.69, 9.17) is 0 Å². The van der Waals surface area contributed by atoms with Crippen LogP contribution >= 0.6 is 0 Å². The molecule has 0 aliphatic carbocycles. The minimum Gasteiger partial charge on any atom is -0.340 e. The summed E-state index contributed by atoms with van der Waals surface area (Å²) < 4.78 is 11.6. The van der Waals surface area contributed by atoms with Gasteiger partial charge in [-0.2, -0.15) is 0 Å². The topological polar surface area (TPSA) is 66.5 Å². The molecule has 0 saturated carbocycles. The summed E-state index contributed by atoms with van der Waals surface area (Å²) in [7, 11) is -1.01. The molecule has 0 aromatic carbocycles. The van der Waals surface area contributed by atoms with E-state index in [0.29, 0.717) is 25.8 Å². The van der Waals surface area contributed by atoms with Crippen LogP contribution in [0.15, 0.2) is 0 Å². The van der Waals surface area contributed by atoms with E-state index in [2.05, 4.69) is 5.32 Å².